The van der Waals surface area contributed by atoms with Gasteiger partial charge in [-0.15, -0.1) is 0 Å². The van der Waals surface area contributed by atoms with Crippen LogP contribution in [0.5, 0.6) is 0 Å². The van der Waals surface area contributed by atoms with Crippen molar-refractivity contribution in [1.82, 2.24) is 0 Å². The average Bonchev–Trinajstić information content (AvgIpc) is 2.32. The van der Waals surface area contributed by atoms with Crippen LogP contribution in [0.25, 0.3) is 0 Å². The summed E-state index contributed by atoms with van der Waals surface area (Å²) in [7, 11) is 0. The highest BCUT2D eigenvalue weighted by Crippen LogP contribution is 2.31. The summed E-state index contributed by atoms with van der Waals surface area (Å²) >= 11 is 1.63. The van der Waals surface area contributed by atoms with Gasteiger partial charge in [-0.05, 0) is 28.8 Å². The van der Waals surface area contributed by atoms with E-state index in [2.05, 4.69) is 5.38 Å². The minimum Gasteiger partial charge on any atom is -0.481 e. The van der Waals surface area contributed by atoms with Gasteiger partial charge >= 0.3 is 5.97 Å². The maximum Gasteiger partial charge on any atom is 0.304 e. The molecule has 0 spiro atoms. The largest absolute Gasteiger partial charge is 0.481 e. The Morgan fingerprint density at radius 3 is 2.54 bits per heavy atom. The number of thiophene rings is 1. The number of aliphatic carboxylic acids is 1. The molecule has 13 heavy (non-hydrogen) atoms. The fourth-order valence-electron chi connectivity index (χ4n) is 1.53. The molecule has 2 nitrogen and oxygen atoms in total. The van der Waals surface area contributed by atoms with Gasteiger partial charge in [-0.1, -0.05) is 13.8 Å². The Morgan fingerprint density at radius 1 is 1.54 bits per heavy atom. The molecular formula is C10H14O2S. The predicted molar refractivity (Wildman–Crippen MR) is 54.3 cm³/mol. The highest BCUT2D eigenvalue weighted by Gasteiger charge is 2.25. The minimum atomic E-state index is -0.740. The van der Waals surface area contributed by atoms with Crippen molar-refractivity contribution in [2.75, 3.05) is 0 Å². The Labute approximate surface area is 82.2 Å². The van der Waals surface area contributed by atoms with E-state index in [1.165, 1.54) is 5.56 Å². The van der Waals surface area contributed by atoms with Gasteiger partial charge in [0.05, 0.1) is 6.42 Å². The van der Waals surface area contributed by atoms with Crippen LogP contribution in [0.1, 0.15) is 31.4 Å². The van der Waals surface area contributed by atoms with Gasteiger partial charge in [0.25, 0.3) is 0 Å². The summed E-state index contributed by atoms with van der Waals surface area (Å²) in [5.41, 5.74) is 2.09. The quantitative estimate of drug-likeness (QED) is 0.810. The van der Waals surface area contributed by atoms with Crippen LogP contribution in [0.4, 0.5) is 0 Å². The monoisotopic (exact) mass is 198 g/mol. The number of carboxylic acid groups (broad SMARTS) is 1. The number of hydrogen-bond donors (Lipinski definition) is 1. The minimum absolute atomic E-state index is 0.185. The summed E-state index contributed by atoms with van der Waals surface area (Å²) in [6.07, 6.45) is 0.185. The van der Waals surface area contributed by atoms with Gasteiger partial charge in [0.2, 0.25) is 0 Å². The Morgan fingerprint density at radius 2 is 2.15 bits per heavy atom. The Bertz CT molecular complexity index is 312. The normalized spacial score (nSPS) is 11.6. The standard InChI is InChI=1S/C10H14O2S/c1-7-5-13-6-8(7)10(2,3)4-9(11)12/h5-6H,4H2,1-3H3,(H,11,12). The lowest BCUT2D eigenvalue weighted by Gasteiger charge is -2.22. The lowest BCUT2D eigenvalue weighted by atomic mass is 9.81. The molecule has 0 saturated carbocycles. The molecule has 0 amide bonds. The van der Waals surface area contributed by atoms with Crippen LogP contribution < -0.4 is 0 Å². The highest BCUT2D eigenvalue weighted by atomic mass is 32.1. The molecule has 0 aliphatic rings. The molecule has 0 aliphatic heterocycles. The summed E-state index contributed by atoms with van der Waals surface area (Å²) < 4.78 is 0. The number of rotatable bonds is 3. The first-order valence-corrected chi connectivity index (χ1v) is 5.13. The molecule has 1 rings (SSSR count). The molecule has 1 aromatic heterocycles. The summed E-state index contributed by atoms with van der Waals surface area (Å²) in [5, 5.41) is 12.8. The summed E-state index contributed by atoms with van der Waals surface area (Å²) in [6, 6.07) is 0. The summed E-state index contributed by atoms with van der Waals surface area (Å²) in [5.74, 6) is -0.740. The summed E-state index contributed by atoms with van der Waals surface area (Å²) in [6.45, 7) is 5.96. The van der Waals surface area contributed by atoms with Gasteiger partial charge in [-0.3, -0.25) is 4.79 Å². The molecule has 0 radical (unpaired) electrons. The topological polar surface area (TPSA) is 37.3 Å². The molecule has 0 unspecified atom stereocenters. The molecule has 3 heteroatoms. The molecule has 72 valence electrons. The SMILES string of the molecule is Cc1cscc1C(C)(C)CC(=O)O. The van der Waals surface area contributed by atoms with Gasteiger partial charge in [0.15, 0.2) is 0 Å². The third-order valence-electron chi connectivity index (χ3n) is 2.18. The smallest absolute Gasteiger partial charge is 0.304 e. The van der Waals surface area contributed by atoms with Crippen molar-refractivity contribution in [2.24, 2.45) is 0 Å². The van der Waals surface area contributed by atoms with Crippen LogP contribution >= 0.6 is 11.3 Å². The van der Waals surface area contributed by atoms with Gasteiger partial charge in [-0.2, -0.15) is 11.3 Å². The van der Waals surface area contributed by atoms with E-state index in [1.54, 1.807) is 11.3 Å². The van der Waals surface area contributed by atoms with Crippen LogP contribution in [0.3, 0.4) is 0 Å². The molecule has 0 bridgehead atoms. The lowest BCUT2D eigenvalue weighted by molar-refractivity contribution is -0.138. The van der Waals surface area contributed by atoms with Crippen molar-refractivity contribution in [3.05, 3.63) is 21.9 Å². The number of carbonyl (C=O) groups is 1. The van der Waals surface area contributed by atoms with Crippen LogP contribution in [0.2, 0.25) is 0 Å². The van der Waals surface area contributed by atoms with E-state index in [4.69, 9.17) is 5.11 Å². The van der Waals surface area contributed by atoms with Gasteiger partial charge < -0.3 is 5.11 Å². The number of hydrogen-bond acceptors (Lipinski definition) is 2. The molecule has 0 aromatic carbocycles. The summed E-state index contributed by atoms with van der Waals surface area (Å²) in [4.78, 5) is 10.6. The van der Waals surface area contributed by atoms with Crippen molar-refractivity contribution < 1.29 is 9.90 Å². The van der Waals surface area contributed by atoms with Crippen molar-refractivity contribution >= 4 is 17.3 Å². The molecule has 0 saturated heterocycles. The predicted octanol–water partition coefficient (Wildman–Crippen LogP) is 2.81. The van der Waals surface area contributed by atoms with Crippen LogP contribution in [-0.4, -0.2) is 11.1 Å². The van der Waals surface area contributed by atoms with Gasteiger partial charge in [0, 0.05) is 5.41 Å². The van der Waals surface area contributed by atoms with E-state index in [1.807, 2.05) is 26.2 Å². The zero-order valence-electron chi connectivity index (χ0n) is 8.13. The first-order valence-electron chi connectivity index (χ1n) is 4.18. The van der Waals surface area contributed by atoms with E-state index in [-0.39, 0.29) is 11.8 Å². The molecule has 1 aromatic rings. The van der Waals surface area contributed by atoms with E-state index < -0.39 is 5.97 Å². The molecular weight excluding hydrogens is 184 g/mol. The highest BCUT2D eigenvalue weighted by molar-refractivity contribution is 7.08. The molecule has 0 fully saturated rings. The zero-order valence-corrected chi connectivity index (χ0v) is 8.94. The third-order valence-corrected chi connectivity index (χ3v) is 3.04. The molecule has 1 heterocycles. The first kappa shape index (κ1) is 10.3. The fraction of sp³-hybridized carbons (Fsp3) is 0.500. The number of carboxylic acids is 1. The van der Waals surface area contributed by atoms with Crippen molar-refractivity contribution in [1.29, 1.82) is 0 Å². The van der Waals surface area contributed by atoms with Gasteiger partial charge in [-0.25, -0.2) is 0 Å². The molecule has 1 N–H and O–H groups in total. The van der Waals surface area contributed by atoms with Gasteiger partial charge in [0.1, 0.15) is 0 Å². The number of aryl methyl sites for hydroxylation is 1. The second-order valence-electron chi connectivity index (χ2n) is 3.92. The molecule has 0 aliphatic carbocycles. The second kappa shape index (κ2) is 3.50. The Balaban J connectivity index is 2.93. The first-order chi connectivity index (χ1) is 5.93. The van der Waals surface area contributed by atoms with Crippen LogP contribution in [-0.2, 0) is 10.2 Å². The van der Waals surface area contributed by atoms with Crippen molar-refractivity contribution in [3.63, 3.8) is 0 Å². The van der Waals surface area contributed by atoms with Crippen molar-refractivity contribution in [3.8, 4) is 0 Å². The van der Waals surface area contributed by atoms with Crippen LogP contribution in [0, 0.1) is 6.92 Å². The van der Waals surface area contributed by atoms with Crippen LogP contribution in [0.15, 0.2) is 10.8 Å². The van der Waals surface area contributed by atoms with Crippen molar-refractivity contribution in [2.45, 2.75) is 32.6 Å². The second-order valence-corrected chi connectivity index (χ2v) is 4.67. The maximum atomic E-state index is 10.6. The lowest BCUT2D eigenvalue weighted by Crippen LogP contribution is -2.21. The fourth-order valence-corrected chi connectivity index (χ4v) is 2.57. The van der Waals surface area contributed by atoms with E-state index in [0.717, 1.165) is 5.56 Å². The average molecular weight is 198 g/mol. The molecule has 0 atom stereocenters. The van der Waals surface area contributed by atoms with E-state index in [9.17, 15) is 4.79 Å². The van der Waals surface area contributed by atoms with E-state index in [0.29, 0.717) is 0 Å². The third kappa shape index (κ3) is 2.31. The Kier molecular flexibility index (Phi) is 2.76. The Hall–Kier alpha value is -0.830. The van der Waals surface area contributed by atoms with E-state index >= 15 is 0 Å². The maximum absolute atomic E-state index is 10.6. The zero-order chi connectivity index (χ0) is 10.1.